The molecule has 0 amide bonds. The minimum absolute atomic E-state index is 0.513. The first kappa shape index (κ1) is 15.3. The fourth-order valence-electron chi connectivity index (χ4n) is 2.85. The normalized spacial score (nSPS) is 25.2. The highest BCUT2D eigenvalue weighted by molar-refractivity contribution is 5.03. The molecule has 0 aliphatic heterocycles. The Morgan fingerprint density at radius 1 is 1.17 bits per heavy atom. The Bertz CT molecular complexity index is 254. The van der Waals surface area contributed by atoms with E-state index in [1.165, 1.54) is 63.5 Å². The van der Waals surface area contributed by atoms with Gasteiger partial charge >= 0.3 is 0 Å². The summed E-state index contributed by atoms with van der Waals surface area (Å²) in [6, 6.07) is 0. The minimum Gasteiger partial charge on any atom is -0.501 e. The second-order valence-corrected chi connectivity index (χ2v) is 5.56. The van der Waals surface area contributed by atoms with Crippen LogP contribution < -0.4 is 0 Å². The van der Waals surface area contributed by atoms with E-state index >= 15 is 0 Å². The Labute approximate surface area is 113 Å². The van der Waals surface area contributed by atoms with Crippen LogP contribution in [0.4, 0.5) is 0 Å². The van der Waals surface area contributed by atoms with Crippen molar-refractivity contribution >= 4 is 0 Å². The van der Waals surface area contributed by atoms with Crippen LogP contribution in [0.15, 0.2) is 24.5 Å². The summed E-state index contributed by atoms with van der Waals surface area (Å²) in [7, 11) is 1.82. The molecule has 2 unspecified atom stereocenters. The monoisotopic (exact) mass is 250 g/mol. The van der Waals surface area contributed by atoms with Crippen LogP contribution in [-0.2, 0) is 4.74 Å². The minimum atomic E-state index is 0.513. The standard InChI is InChI=1S/C17H30O/c1-4-15(2)16-13-11-9-7-5-6-8-10-12-14-17(16)18-3/h4,14-16H,1,5-13H2,2-3H3. The second-order valence-electron chi connectivity index (χ2n) is 5.56. The number of hydrogen-bond acceptors (Lipinski definition) is 1. The van der Waals surface area contributed by atoms with Gasteiger partial charge in [-0.15, -0.1) is 6.58 Å². The molecule has 1 aliphatic carbocycles. The van der Waals surface area contributed by atoms with Gasteiger partial charge in [-0.05, 0) is 31.3 Å². The van der Waals surface area contributed by atoms with E-state index in [1.807, 2.05) is 7.11 Å². The van der Waals surface area contributed by atoms with Crippen molar-refractivity contribution in [2.24, 2.45) is 11.8 Å². The molecule has 0 heterocycles. The molecular formula is C17H30O. The van der Waals surface area contributed by atoms with E-state index in [1.54, 1.807) is 0 Å². The average molecular weight is 250 g/mol. The number of allylic oxidation sites excluding steroid dienone is 3. The second kappa shape index (κ2) is 9.24. The van der Waals surface area contributed by atoms with Crippen molar-refractivity contribution in [3.05, 3.63) is 24.5 Å². The molecule has 1 heteroatoms. The van der Waals surface area contributed by atoms with E-state index in [4.69, 9.17) is 4.74 Å². The zero-order chi connectivity index (χ0) is 13.2. The lowest BCUT2D eigenvalue weighted by molar-refractivity contribution is 0.210. The number of rotatable bonds is 3. The SMILES string of the molecule is C=CC(C)C1CCCCCCCCCC=C1OC. The Hall–Kier alpha value is -0.720. The number of hydrogen-bond donors (Lipinski definition) is 0. The molecule has 1 rings (SSSR count). The highest BCUT2D eigenvalue weighted by atomic mass is 16.5. The molecule has 0 aromatic carbocycles. The topological polar surface area (TPSA) is 9.23 Å². The lowest BCUT2D eigenvalue weighted by Crippen LogP contribution is -2.14. The maximum Gasteiger partial charge on any atom is 0.0952 e. The summed E-state index contributed by atoms with van der Waals surface area (Å²) in [6.07, 6.45) is 16.4. The van der Waals surface area contributed by atoms with Gasteiger partial charge in [0.1, 0.15) is 0 Å². The Morgan fingerprint density at radius 3 is 2.39 bits per heavy atom. The van der Waals surface area contributed by atoms with E-state index in [0.29, 0.717) is 11.8 Å². The lowest BCUT2D eigenvalue weighted by atomic mass is 9.86. The van der Waals surface area contributed by atoms with Crippen molar-refractivity contribution in [3.63, 3.8) is 0 Å². The molecule has 0 N–H and O–H groups in total. The van der Waals surface area contributed by atoms with Gasteiger partial charge in [0, 0.05) is 5.92 Å². The van der Waals surface area contributed by atoms with Crippen molar-refractivity contribution in [1.29, 1.82) is 0 Å². The highest BCUT2D eigenvalue weighted by Crippen LogP contribution is 2.29. The van der Waals surface area contributed by atoms with E-state index in [0.717, 1.165) is 0 Å². The fraction of sp³-hybridized carbons (Fsp3) is 0.765. The molecule has 1 nitrogen and oxygen atoms in total. The van der Waals surface area contributed by atoms with Gasteiger partial charge in [0.25, 0.3) is 0 Å². The van der Waals surface area contributed by atoms with Gasteiger partial charge in [-0.3, -0.25) is 0 Å². The fourth-order valence-corrected chi connectivity index (χ4v) is 2.85. The molecule has 0 saturated carbocycles. The first-order valence-electron chi connectivity index (χ1n) is 7.66. The molecule has 0 fully saturated rings. The van der Waals surface area contributed by atoms with Crippen LogP contribution in [0.1, 0.15) is 64.7 Å². The molecule has 0 saturated heterocycles. The van der Waals surface area contributed by atoms with Gasteiger partial charge in [0.15, 0.2) is 0 Å². The zero-order valence-electron chi connectivity index (χ0n) is 12.3. The van der Waals surface area contributed by atoms with Crippen molar-refractivity contribution in [1.82, 2.24) is 0 Å². The van der Waals surface area contributed by atoms with Crippen molar-refractivity contribution in [2.45, 2.75) is 64.7 Å². The molecule has 104 valence electrons. The van der Waals surface area contributed by atoms with Gasteiger partial charge < -0.3 is 4.74 Å². The van der Waals surface area contributed by atoms with Crippen LogP contribution in [0.5, 0.6) is 0 Å². The number of ether oxygens (including phenoxy) is 1. The molecule has 0 bridgehead atoms. The van der Waals surface area contributed by atoms with Gasteiger partial charge in [-0.2, -0.15) is 0 Å². The third-order valence-electron chi connectivity index (χ3n) is 4.17. The van der Waals surface area contributed by atoms with E-state index in [2.05, 4.69) is 25.7 Å². The van der Waals surface area contributed by atoms with E-state index in [-0.39, 0.29) is 0 Å². The van der Waals surface area contributed by atoms with Crippen molar-refractivity contribution in [2.75, 3.05) is 7.11 Å². The summed E-state index contributed by atoms with van der Waals surface area (Å²) in [6.45, 7) is 6.21. The van der Waals surface area contributed by atoms with Gasteiger partial charge in [0.2, 0.25) is 0 Å². The average Bonchev–Trinajstić information content (AvgIpc) is 2.38. The maximum atomic E-state index is 5.64. The van der Waals surface area contributed by atoms with Gasteiger partial charge in [0.05, 0.1) is 12.9 Å². The lowest BCUT2D eigenvalue weighted by Gasteiger charge is -2.24. The first-order valence-corrected chi connectivity index (χ1v) is 7.66. The molecule has 0 aromatic rings. The third-order valence-corrected chi connectivity index (χ3v) is 4.17. The predicted octanol–water partition coefficient (Wildman–Crippen LogP) is 5.48. The van der Waals surface area contributed by atoms with Crippen LogP contribution in [0.2, 0.25) is 0 Å². The smallest absolute Gasteiger partial charge is 0.0952 e. The van der Waals surface area contributed by atoms with Crippen LogP contribution in [-0.4, -0.2) is 7.11 Å². The summed E-state index contributed by atoms with van der Waals surface area (Å²) < 4.78 is 5.64. The molecule has 2 atom stereocenters. The highest BCUT2D eigenvalue weighted by Gasteiger charge is 2.20. The molecule has 1 aliphatic rings. The van der Waals surface area contributed by atoms with Gasteiger partial charge in [-0.25, -0.2) is 0 Å². The van der Waals surface area contributed by atoms with Crippen LogP contribution in [0.25, 0.3) is 0 Å². The summed E-state index contributed by atoms with van der Waals surface area (Å²) in [5, 5.41) is 0. The molecule has 0 radical (unpaired) electrons. The summed E-state index contributed by atoms with van der Waals surface area (Å²) in [5.41, 5.74) is 0. The summed E-state index contributed by atoms with van der Waals surface area (Å²) in [4.78, 5) is 0. The molecule has 18 heavy (non-hydrogen) atoms. The Morgan fingerprint density at radius 2 is 1.78 bits per heavy atom. The summed E-state index contributed by atoms with van der Waals surface area (Å²) in [5.74, 6) is 2.24. The van der Waals surface area contributed by atoms with E-state index in [9.17, 15) is 0 Å². The largest absolute Gasteiger partial charge is 0.501 e. The predicted molar refractivity (Wildman–Crippen MR) is 79.5 cm³/mol. The van der Waals surface area contributed by atoms with Gasteiger partial charge in [-0.1, -0.05) is 51.5 Å². The van der Waals surface area contributed by atoms with E-state index < -0.39 is 0 Å². The Kier molecular flexibility index (Phi) is 7.88. The van der Waals surface area contributed by atoms with Crippen LogP contribution in [0.3, 0.4) is 0 Å². The zero-order valence-corrected chi connectivity index (χ0v) is 12.3. The Balaban J connectivity index is 2.69. The van der Waals surface area contributed by atoms with Crippen molar-refractivity contribution < 1.29 is 4.74 Å². The molecule has 0 spiro atoms. The first-order chi connectivity index (χ1) is 8.79. The quantitative estimate of drug-likeness (QED) is 0.603. The molecular weight excluding hydrogens is 220 g/mol. The van der Waals surface area contributed by atoms with Crippen LogP contribution >= 0.6 is 0 Å². The maximum absolute atomic E-state index is 5.64. The third kappa shape index (κ3) is 5.29. The number of methoxy groups -OCH3 is 1. The molecule has 0 aromatic heterocycles. The van der Waals surface area contributed by atoms with Crippen LogP contribution in [0, 0.1) is 11.8 Å². The van der Waals surface area contributed by atoms with Crippen molar-refractivity contribution in [3.8, 4) is 0 Å². The summed E-state index contributed by atoms with van der Waals surface area (Å²) >= 11 is 0.